The molecule has 0 N–H and O–H groups in total. The van der Waals surface area contributed by atoms with Crippen LogP contribution in [0.1, 0.15) is 0 Å². The Kier molecular flexibility index (Phi) is 9.27. The van der Waals surface area contributed by atoms with Gasteiger partial charge >= 0.3 is 0 Å². The van der Waals surface area contributed by atoms with Gasteiger partial charge in [-0.1, -0.05) is 103 Å². The molecule has 7 aromatic carbocycles. The van der Waals surface area contributed by atoms with Crippen LogP contribution in [0.15, 0.2) is 217 Å². The van der Waals surface area contributed by atoms with Crippen molar-refractivity contribution in [2.75, 3.05) is 0 Å². The van der Waals surface area contributed by atoms with Gasteiger partial charge in [0.05, 0.1) is 44.8 Å². The van der Waals surface area contributed by atoms with Crippen molar-refractivity contribution in [3.8, 4) is 79.3 Å². The van der Waals surface area contributed by atoms with Crippen LogP contribution in [-0.4, -0.2) is 44.9 Å². The van der Waals surface area contributed by atoms with Gasteiger partial charge in [-0.2, -0.15) is 0 Å². The Labute approximate surface area is 405 Å². The molecule has 0 unspecified atom stereocenters. The third-order valence-corrected chi connectivity index (χ3v) is 13.0. The molecule has 0 atom stereocenters. The van der Waals surface area contributed by atoms with Crippen LogP contribution >= 0.6 is 0 Å². The summed E-state index contributed by atoms with van der Waals surface area (Å²) in [5.74, 6) is 1.37. The largest absolute Gasteiger partial charge is 0.436 e. The Bertz CT molecular complexity index is 4030. The van der Waals surface area contributed by atoms with Crippen LogP contribution in [0.2, 0.25) is 0 Å². The maximum absolute atomic E-state index is 6.65. The number of benzene rings is 7. The van der Waals surface area contributed by atoms with E-state index in [-0.39, 0.29) is 0 Å². The summed E-state index contributed by atoms with van der Waals surface area (Å²) >= 11 is 0. The minimum absolute atomic E-state index is 0.433. The van der Waals surface area contributed by atoms with Gasteiger partial charge in [0.2, 0.25) is 5.89 Å². The molecule has 0 spiro atoms. The molecule has 330 valence electrons. The lowest BCUT2D eigenvalue weighted by Gasteiger charge is -2.13. The molecule has 71 heavy (non-hydrogen) atoms. The van der Waals surface area contributed by atoms with E-state index >= 15 is 0 Å². The van der Waals surface area contributed by atoms with Crippen molar-refractivity contribution in [2.24, 2.45) is 0 Å². The van der Waals surface area contributed by atoms with E-state index in [2.05, 4.69) is 66.7 Å². The first kappa shape index (κ1) is 40.2. The summed E-state index contributed by atoms with van der Waals surface area (Å²) < 4.78 is 6.65. The highest BCUT2D eigenvalue weighted by Crippen LogP contribution is 2.38. The maximum atomic E-state index is 6.65. The van der Waals surface area contributed by atoms with Crippen molar-refractivity contribution in [3.05, 3.63) is 213 Å². The fraction of sp³-hybridized carbons (Fsp3) is 0. The summed E-state index contributed by atoms with van der Waals surface area (Å²) in [5, 5.41) is 6.08. The Balaban J connectivity index is 1.02. The van der Waals surface area contributed by atoms with E-state index < -0.39 is 0 Å². The topological polar surface area (TPSA) is 129 Å². The maximum Gasteiger partial charge on any atom is 0.227 e. The number of hydrogen-bond donors (Lipinski definition) is 0. The van der Waals surface area contributed by atoms with Crippen LogP contribution in [0.5, 0.6) is 0 Å². The van der Waals surface area contributed by atoms with E-state index in [4.69, 9.17) is 49.3 Å². The monoisotopic (exact) mass is 909 g/mol. The summed E-state index contributed by atoms with van der Waals surface area (Å²) in [7, 11) is 0. The van der Waals surface area contributed by atoms with Gasteiger partial charge in [0, 0.05) is 90.7 Å². The van der Waals surface area contributed by atoms with E-state index in [1.807, 2.05) is 146 Å². The van der Waals surface area contributed by atoms with Gasteiger partial charge in [-0.25, -0.2) is 24.9 Å². The van der Waals surface area contributed by atoms with E-state index in [0.29, 0.717) is 62.6 Å². The molecule has 0 aliphatic carbocycles. The van der Waals surface area contributed by atoms with Crippen LogP contribution in [0.4, 0.5) is 0 Å². The zero-order valence-corrected chi connectivity index (χ0v) is 37.6. The average Bonchev–Trinajstić information content (AvgIpc) is 3.90. The van der Waals surface area contributed by atoms with E-state index in [1.54, 1.807) is 0 Å². The summed E-state index contributed by atoms with van der Waals surface area (Å²) in [6.45, 7) is 0. The van der Waals surface area contributed by atoms with Crippen molar-refractivity contribution in [1.82, 2.24) is 44.9 Å². The summed E-state index contributed by atoms with van der Waals surface area (Å²) in [6, 6.07) is 63.1. The Morgan fingerprint density at radius 1 is 0.282 bits per heavy atom. The quantitative estimate of drug-likeness (QED) is 0.152. The highest BCUT2D eigenvalue weighted by Gasteiger charge is 2.20. The highest BCUT2D eigenvalue weighted by atomic mass is 16.3. The zero-order valence-electron chi connectivity index (χ0n) is 37.6. The summed E-state index contributed by atoms with van der Waals surface area (Å²) in [5.41, 5.74) is 13.3. The van der Waals surface area contributed by atoms with Crippen molar-refractivity contribution >= 4 is 65.5 Å². The van der Waals surface area contributed by atoms with Crippen LogP contribution < -0.4 is 0 Å². The number of para-hydroxylation sites is 4. The minimum atomic E-state index is 0.433. The molecule has 0 bridgehead atoms. The molecule has 10 heteroatoms. The van der Waals surface area contributed by atoms with Gasteiger partial charge in [0.25, 0.3) is 0 Å². The lowest BCUT2D eigenvalue weighted by Crippen LogP contribution is -2.00. The first-order valence-corrected chi connectivity index (χ1v) is 23.2. The SMILES string of the molecule is c1ccc2ncc(-c3cc(-c4cnc5ccccc5c4)nc(-c4cc(-c5nc(-c6cnc7ccccc7c6)cc(-c6cnc7ccccc7c6)n5)cc(-c5nc6c(ccc7ccccc76)o5)c4)n3)cc2c1. The van der Waals surface area contributed by atoms with E-state index in [9.17, 15) is 0 Å². The predicted molar refractivity (Wildman–Crippen MR) is 282 cm³/mol. The second kappa shape index (κ2) is 16.4. The fourth-order valence-electron chi connectivity index (χ4n) is 9.38. The van der Waals surface area contributed by atoms with Crippen LogP contribution in [-0.2, 0) is 0 Å². The molecule has 14 aromatic rings. The number of fused-ring (bicyclic) bond motifs is 7. The van der Waals surface area contributed by atoms with Gasteiger partial charge in [-0.05, 0) is 90.3 Å². The summed E-state index contributed by atoms with van der Waals surface area (Å²) in [6.07, 6.45) is 7.47. The van der Waals surface area contributed by atoms with Crippen molar-refractivity contribution < 1.29 is 4.42 Å². The molecule has 0 amide bonds. The number of hydrogen-bond acceptors (Lipinski definition) is 10. The van der Waals surface area contributed by atoms with E-state index in [0.717, 1.165) is 82.2 Å². The number of oxazole rings is 1. The van der Waals surface area contributed by atoms with Crippen LogP contribution in [0.3, 0.4) is 0 Å². The minimum Gasteiger partial charge on any atom is -0.436 e. The summed E-state index contributed by atoms with van der Waals surface area (Å²) in [4.78, 5) is 45.8. The first-order chi connectivity index (χ1) is 35.1. The average molecular weight is 910 g/mol. The third-order valence-electron chi connectivity index (χ3n) is 13.0. The van der Waals surface area contributed by atoms with Gasteiger partial charge in [-0.15, -0.1) is 0 Å². The third kappa shape index (κ3) is 7.34. The van der Waals surface area contributed by atoms with E-state index in [1.165, 1.54) is 0 Å². The molecule has 0 saturated carbocycles. The van der Waals surface area contributed by atoms with Gasteiger partial charge in [0.15, 0.2) is 17.2 Å². The van der Waals surface area contributed by atoms with Crippen molar-refractivity contribution in [2.45, 2.75) is 0 Å². The van der Waals surface area contributed by atoms with Crippen molar-refractivity contribution in [1.29, 1.82) is 0 Å². The predicted octanol–water partition coefficient (Wildman–Crippen LogP) is 14.4. The molecule has 14 rings (SSSR count). The fourth-order valence-corrected chi connectivity index (χ4v) is 9.38. The van der Waals surface area contributed by atoms with Crippen LogP contribution in [0, 0.1) is 0 Å². The smallest absolute Gasteiger partial charge is 0.227 e. The normalized spacial score (nSPS) is 11.7. The standard InChI is InChI=1S/C61H35N9O/c1-6-16-48-36(11-1)21-22-57-58(48)70-61(71-57)43-28-41(59-66-53(44-23-37-12-2-7-17-49(37)62-32-44)30-54(67-59)45-24-38-13-3-8-18-50(38)63-33-45)27-42(29-43)60-68-55(46-25-39-14-4-9-19-51(39)64-34-46)31-56(69-60)47-26-40-15-5-10-20-52(40)65-35-47/h1-35H. The Morgan fingerprint density at radius 3 is 1.07 bits per heavy atom. The molecule has 0 radical (unpaired) electrons. The lowest BCUT2D eigenvalue weighted by atomic mass is 10.0. The van der Waals surface area contributed by atoms with Gasteiger partial charge in [-0.3, -0.25) is 19.9 Å². The van der Waals surface area contributed by atoms with Gasteiger partial charge < -0.3 is 4.42 Å². The highest BCUT2D eigenvalue weighted by molar-refractivity contribution is 6.04. The molecule has 0 aliphatic heterocycles. The molecule has 0 fully saturated rings. The number of aromatic nitrogens is 9. The Hall–Kier alpha value is -9.93. The second-order valence-electron chi connectivity index (χ2n) is 17.5. The van der Waals surface area contributed by atoms with Crippen LogP contribution in [0.25, 0.3) is 145 Å². The number of pyridine rings is 4. The molecular formula is C61H35N9O. The number of nitrogens with zero attached hydrogens (tertiary/aromatic N) is 9. The molecular weight excluding hydrogens is 875 g/mol. The molecule has 7 heterocycles. The molecule has 0 aliphatic rings. The van der Waals surface area contributed by atoms with Crippen molar-refractivity contribution in [3.63, 3.8) is 0 Å². The molecule has 10 nitrogen and oxygen atoms in total. The first-order valence-electron chi connectivity index (χ1n) is 23.2. The lowest BCUT2D eigenvalue weighted by molar-refractivity contribution is 0.620. The number of rotatable bonds is 7. The van der Waals surface area contributed by atoms with Gasteiger partial charge in [0.1, 0.15) is 5.52 Å². The Morgan fingerprint density at radius 2 is 0.648 bits per heavy atom. The zero-order chi connectivity index (χ0) is 46.8. The molecule has 0 saturated heterocycles. The molecule has 7 aromatic heterocycles. The second-order valence-corrected chi connectivity index (χ2v) is 17.5.